The van der Waals surface area contributed by atoms with Crippen molar-refractivity contribution in [2.75, 3.05) is 7.11 Å². The molecule has 0 atom stereocenters. The van der Waals surface area contributed by atoms with E-state index in [1.165, 1.54) is 13.2 Å². The third-order valence-corrected chi connectivity index (χ3v) is 2.66. The second kappa shape index (κ2) is 5.90. The van der Waals surface area contributed by atoms with E-state index < -0.39 is 23.8 Å². The number of rotatable bonds is 4. The molecule has 0 saturated carbocycles. The molecule has 7 heteroatoms. The molecule has 0 aliphatic rings. The molecule has 0 amide bonds. The third-order valence-electron chi connectivity index (χ3n) is 2.06. The van der Waals surface area contributed by atoms with E-state index >= 15 is 0 Å². The van der Waals surface area contributed by atoms with Gasteiger partial charge < -0.3 is 9.84 Å². The summed E-state index contributed by atoms with van der Waals surface area (Å²) in [5.74, 6) is -1.13. The molecule has 0 fully saturated rings. The van der Waals surface area contributed by atoms with Gasteiger partial charge in [0.05, 0.1) is 19.2 Å². The summed E-state index contributed by atoms with van der Waals surface area (Å²) < 4.78 is 29.6. The molecule has 1 N–H and O–H groups in total. The molecule has 0 aromatic carbocycles. The lowest BCUT2D eigenvalue weighted by atomic mass is 10.1. The zero-order chi connectivity index (χ0) is 13.0. The number of esters is 1. The molecular weight excluding hydrogens is 300 g/mol. The summed E-state index contributed by atoms with van der Waals surface area (Å²) in [5, 5.41) is 9.68. The molecule has 17 heavy (non-hydrogen) atoms. The topological polar surface area (TPSA) is 59.4 Å². The minimum atomic E-state index is -2.90. The maximum atomic E-state index is 12.6. The Kier molecular flexibility index (Phi) is 4.80. The molecule has 1 rings (SSSR count). The third kappa shape index (κ3) is 3.36. The van der Waals surface area contributed by atoms with Crippen molar-refractivity contribution in [2.45, 2.75) is 18.2 Å². The molecule has 1 aromatic rings. The molecule has 0 saturated heterocycles. The van der Waals surface area contributed by atoms with Crippen LogP contribution in [0.25, 0.3) is 0 Å². The summed E-state index contributed by atoms with van der Waals surface area (Å²) >= 11 is 3.06. The molecule has 94 valence electrons. The number of carbonyl (C=O) groups excluding carboxylic acids is 1. The van der Waals surface area contributed by atoms with Crippen molar-refractivity contribution in [1.29, 1.82) is 0 Å². The maximum absolute atomic E-state index is 12.6. The first-order valence-corrected chi connectivity index (χ1v) is 5.74. The summed E-state index contributed by atoms with van der Waals surface area (Å²) in [6.07, 6.45) is -3.11. The monoisotopic (exact) mass is 309 g/mol. The summed E-state index contributed by atoms with van der Waals surface area (Å²) in [7, 11) is 1.20. The lowest BCUT2D eigenvalue weighted by Gasteiger charge is -2.09. The molecule has 0 spiro atoms. The second-order valence-electron chi connectivity index (χ2n) is 3.19. The van der Waals surface area contributed by atoms with Crippen molar-refractivity contribution in [3.8, 4) is 5.75 Å². The number of aromatic nitrogens is 1. The molecule has 4 nitrogen and oxygen atoms in total. The lowest BCUT2D eigenvalue weighted by Crippen LogP contribution is -2.08. The van der Waals surface area contributed by atoms with E-state index in [1.54, 1.807) is 0 Å². The largest absolute Gasteiger partial charge is 0.505 e. The van der Waals surface area contributed by atoms with Crippen LogP contribution in [0.2, 0.25) is 0 Å². The Morgan fingerprint density at radius 3 is 2.76 bits per heavy atom. The summed E-state index contributed by atoms with van der Waals surface area (Å²) in [4.78, 5) is 14.6. The normalized spacial score (nSPS) is 10.6. The van der Waals surface area contributed by atoms with E-state index in [4.69, 9.17) is 0 Å². The quantitative estimate of drug-likeness (QED) is 0.685. The van der Waals surface area contributed by atoms with Gasteiger partial charge in [-0.25, -0.2) is 13.8 Å². The van der Waals surface area contributed by atoms with E-state index in [2.05, 4.69) is 25.7 Å². The minimum Gasteiger partial charge on any atom is -0.505 e. The van der Waals surface area contributed by atoms with Crippen molar-refractivity contribution in [2.24, 2.45) is 0 Å². The number of pyridine rings is 1. The number of methoxy groups -OCH3 is 1. The van der Waals surface area contributed by atoms with E-state index in [-0.39, 0.29) is 23.0 Å². The summed E-state index contributed by atoms with van der Waals surface area (Å²) in [5.41, 5.74) is -0.325. The van der Waals surface area contributed by atoms with Gasteiger partial charge in [-0.1, -0.05) is 15.9 Å². The van der Waals surface area contributed by atoms with Gasteiger partial charge in [-0.3, -0.25) is 4.79 Å². The van der Waals surface area contributed by atoms with Gasteiger partial charge in [0, 0.05) is 10.9 Å². The first kappa shape index (κ1) is 13.8. The van der Waals surface area contributed by atoms with Crippen LogP contribution in [0.1, 0.15) is 23.4 Å². The van der Waals surface area contributed by atoms with Crippen LogP contribution in [0, 0.1) is 0 Å². The van der Waals surface area contributed by atoms with Crippen LogP contribution in [-0.2, 0) is 21.3 Å². The molecule has 1 aromatic heterocycles. The Morgan fingerprint density at radius 2 is 2.29 bits per heavy atom. The van der Waals surface area contributed by atoms with Gasteiger partial charge in [0.2, 0.25) is 0 Å². The van der Waals surface area contributed by atoms with Crippen LogP contribution in [0.4, 0.5) is 8.78 Å². The zero-order valence-electron chi connectivity index (χ0n) is 8.91. The highest BCUT2D eigenvalue weighted by Crippen LogP contribution is 2.31. The fourth-order valence-corrected chi connectivity index (χ4v) is 1.67. The van der Waals surface area contributed by atoms with Crippen molar-refractivity contribution in [3.63, 3.8) is 0 Å². The molecule has 1 heterocycles. The maximum Gasteiger partial charge on any atom is 0.311 e. The highest BCUT2D eigenvalue weighted by molar-refractivity contribution is 9.08. The van der Waals surface area contributed by atoms with E-state index in [1.807, 2.05) is 0 Å². The number of hydrogen-bond donors (Lipinski definition) is 1. The highest BCUT2D eigenvalue weighted by atomic mass is 79.9. The number of carbonyl (C=O) groups is 1. The van der Waals surface area contributed by atoms with Gasteiger partial charge in [-0.15, -0.1) is 0 Å². The molecule has 0 unspecified atom stereocenters. The van der Waals surface area contributed by atoms with Crippen LogP contribution in [0.3, 0.4) is 0 Å². The molecular formula is C10H10BrF2NO3. The van der Waals surface area contributed by atoms with Crippen molar-refractivity contribution < 1.29 is 23.4 Å². The summed E-state index contributed by atoms with van der Waals surface area (Å²) in [6, 6.07) is 1.38. The second-order valence-corrected chi connectivity index (χ2v) is 3.75. The van der Waals surface area contributed by atoms with E-state index in [9.17, 15) is 18.7 Å². The predicted molar refractivity (Wildman–Crippen MR) is 59.2 cm³/mol. The lowest BCUT2D eigenvalue weighted by molar-refractivity contribution is -0.139. The smallest absolute Gasteiger partial charge is 0.311 e. The van der Waals surface area contributed by atoms with Crippen molar-refractivity contribution in [1.82, 2.24) is 4.98 Å². The molecule has 0 bridgehead atoms. The number of nitrogens with zero attached hydrogens (tertiary/aromatic N) is 1. The fraction of sp³-hybridized carbons (Fsp3) is 0.400. The average Bonchev–Trinajstić information content (AvgIpc) is 2.30. The Hall–Kier alpha value is -1.24. The van der Waals surface area contributed by atoms with Crippen LogP contribution in [-0.4, -0.2) is 23.2 Å². The SMILES string of the molecule is COC(=O)Cc1cc(CBr)c(O)c(C(F)F)n1. The molecule has 0 aliphatic carbocycles. The standard InChI is InChI=1S/C10H10BrF2NO3/c1-17-7(15)3-6-2-5(4-11)9(16)8(14-6)10(12)13/h2,10,16H,3-4H2,1H3. The Bertz CT molecular complexity index is 426. The average molecular weight is 310 g/mol. The van der Waals surface area contributed by atoms with Gasteiger partial charge in [0.1, 0.15) is 11.4 Å². The van der Waals surface area contributed by atoms with Crippen LogP contribution in [0.5, 0.6) is 5.75 Å². The number of alkyl halides is 3. The molecule has 0 radical (unpaired) electrons. The Labute approximate surface area is 105 Å². The summed E-state index contributed by atoms with van der Waals surface area (Å²) in [6.45, 7) is 0. The van der Waals surface area contributed by atoms with E-state index in [0.717, 1.165) is 0 Å². The number of aromatic hydroxyl groups is 1. The van der Waals surface area contributed by atoms with E-state index in [0.29, 0.717) is 0 Å². The Morgan fingerprint density at radius 1 is 1.65 bits per heavy atom. The zero-order valence-corrected chi connectivity index (χ0v) is 10.5. The van der Waals surface area contributed by atoms with Crippen LogP contribution in [0.15, 0.2) is 6.07 Å². The number of hydrogen-bond acceptors (Lipinski definition) is 4. The van der Waals surface area contributed by atoms with Gasteiger partial charge >= 0.3 is 5.97 Å². The van der Waals surface area contributed by atoms with Gasteiger partial charge in [0.15, 0.2) is 0 Å². The number of ether oxygens (including phenoxy) is 1. The Balaban J connectivity index is 3.15. The van der Waals surface area contributed by atoms with Gasteiger partial charge in [-0.2, -0.15) is 0 Å². The van der Waals surface area contributed by atoms with Gasteiger partial charge in [-0.05, 0) is 6.07 Å². The first-order chi connectivity index (χ1) is 7.99. The predicted octanol–water partition coefficient (Wildman–Crippen LogP) is 2.34. The molecule has 0 aliphatic heterocycles. The van der Waals surface area contributed by atoms with Crippen molar-refractivity contribution in [3.05, 3.63) is 23.0 Å². The fourth-order valence-electron chi connectivity index (χ4n) is 1.24. The van der Waals surface area contributed by atoms with Crippen molar-refractivity contribution >= 4 is 21.9 Å². The number of halogens is 3. The van der Waals surface area contributed by atoms with Crippen LogP contribution >= 0.6 is 15.9 Å². The highest BCUT2D eigenvalue weighted by Gasteiger charge is 2.20. The minimum absolute atomic E-state index is 0.138. The van der Waals surface area contributed by atoms with Crippen LogP contribution < -0.4 is 0 Å². The van der Waals surface area contributed by atoms with Gasteiger partial charge in [0.25, 0.3) is 6.43 Å². The first-order valence-electron chi connectivity index (χ1n) is 4.62.